The van der Waals surface area contributed by atoms with Crippen molar-refractivity contribution in [3.8, 4) is 6.07 Å². The van der Waals surface area contributed by atoms with E-state index < -0.39 is 11.8 Å². The molecule has 0 spiro atoms. The molecule has 128 valence electrons. The summed E-state index contributed by atoms with van der Waals surface area (Å²) in [5.41, 5.74) is 2.29. The van der Waals surface area contributed by atoms with Crippen molar-refractivity contribution in [1.29, 1.82) is 10.7 Å². The molecule has 2 N–H and O–H groups in total. The molecule has 5 nitrogen and oxygen atoms in total. The van der Waals surface area contributed by atoms with Gasteiger partial charge in [0.1, 0.15) is 11.7 Å². The second-order valence-electron chi connectivity index (χ2n) is 6.44. The Bertz CT molecular complexity index is 929. The van der Waals surface area contributed by atoms with Crippen molar-refractivity contribution in [3.63, 3.8) is 0 Å². The van der Waals surface area contributed by atoms with Crippen LogP contribution in [-0.2, 0) is 9.53 Å². The van der Waals surface area contributed by atoms with Crippen molar-refractivity contribution in [3.05, 3.63) is 83.1 Å². The molecule has 0 fully saturated rings. The number of hydrogen-bond acceptors (Lipinski definition) is 4. The molecule has 0 aromatic heterocycles. The first-order valence-corrected chi connectivity index (χ1v) is 8.48. The van der Waals surface area contributed by atoms with Crippen molar-refractivity contribution in [2.75, 3.05) is 0 Å². The van der Waals surface area contributed by atoms with E-state index in [9.17, 15) is 10.1 Å². The number of carbonyl (C=O) groups is 1. The lowest BCUT2D eigenvalue weighted by atomic mass is 9.76. The Morgan fingerprint density at radius 1 is 1.04 bits per heavy atom. The van der Waals surface area contributed by atoms with E-state index in [4.69, 9.17) is 10.1 Å². The maximum Gasteiger partial charge on any atom is 0.251 e. The first-order chi connectivity index (χ1) is 12.7. The van der Waals surface area contributed by atoms with E-state index in [1.54, 1.807) is 0 Å². The molecule has 3 atom stereocenters. The number of nitriles is 1. The third-order valence-electron chi connectivity index (χ3n) is 4.90. The normalized spacial score (nSPS) is 25.0. The van der Waals surface area contributed by atoms with Crippen molar-refractivity contribution in [1.82, 2.24) is 5.32 Å². The molecule has 2 aromatic rings. The van der Waals surface area contributed by atoms with Crippen LogP contribution in [0.25, 0.3) is 0 Å². The topological polar surface area (TPSA) is 86.0 Å². The van der Waals surface area contributed by atoms with Crippen LogP contribution in [0.2, 0.25) is 0 Å². The molecule has 2 heterocycles. The number of carbonyl (C=O) groups excluding carboxylic acids is 1. The molecule has 2 aliphatic rings. The number of hydrogen-bond donors (Lipinski definition) is 2. The summed E-state index contributed by atoms with van der Waals surface area (Å²) in [5.74, 6) is -1.14. The van der Waals surface area contributed by atoms with Gasteiger partial charge in [0.15, 0.2) is 0 Å². The molecule has 2 aliphatic heterocycles. The molecule has 4 rings (SSSR count). The third kappa shape index (κ3) is 2.66. The molecule has 0 radical (unpaired) electrons. The van der Waals surface area contributed by atoms with Crippen LogP contribution in [0.3, 0.4) is 0 Å². The van der Waals surface area contributed by atoms with Crippen LogP contribution in [0.1, 0.15) is 29.5 Å². The fourth-order valence-corrected chi connectivity index (χ4v) is 3.67. The SMILES string of the molecule is N#CC1C(=N)OC2=C(C(=O)N[C@H](c3ccccc3)C2)[C@@H]1c1ccccc1. The predicted molar refractivity (Wildman–Crippen MR) is 96.1 cm³/mol. The van der Waals surface area contributed by atoms with Crippen molar-refractivity contribution >= 4 is 11.8 Å². The Morgan fingerprint density at radius 2 is 1.65 bits per heavy atom. The van der Waals surface area contributed by atoms with Gasteiger partial charge in [0.25, 0.3) is 5.91 Å². The summed E-state index contributed by atoms with van der Waals surface area (Å²) in [5, 5.41) is 20.8. The predicted octanol–water partition coefficient (Wildman–Crippen LogP) is 3.43. The molecule has 5 heteroatoms. The van der Waals surface area contributed by atoms with Gasteiger partial charge in [-0.25, -0.2) is 0 Å². The van der Waals surface area contributed by atoms with Crippen LogP contribution in [0.15, 0.2) is 72.0 Å². The smallest absolute Gasteiger partial charge is 0.251 e. The molecular weight excluding hydrogens is 326 g/mol. The van der Waals surface area contributed by atoms with Crippen molar-refractivity contribution < 1.29 is 9.53 Å². The monoisotopic (exact) mass is 343 g/mol. The van der Waals surface area contributed by atoms with Gasteiger partial charge in [-0.05, 0) is 11.1 Å². The second kappa shape index (κ2) is 6.49. The first-order valence-electron chi connectivity index (χ1n) is 8.48. The lowest BCUT2D eigenvalue weighted by Gasteiger charge is -2.37. The molecule has 0 saturated carbocycles. The van der Waals surface area contributed by atoms with E-state index in [0.717, 1.165) is 11.1 Å². The summed E-state index contributed by atoms with van der Waals surface area (Å²) < 4.78 is 5.65. The minimum atomic E-state index is -0.810. The first kappa shape index (κ1) is 16.1. The average Bonchev–Trinajstić information content (AvgIpc) is 2.68. The van der Waals surface area contributed by atoms with Crippen LogP contribution in [0.5, 0.6) is 0 Å². The summed E-state index contributed by atoms with van der Waals surface area (Å²) >= 11 is 0. The number of rotatable bonds is 2. The molecule has 2 aromatic carbocycles. The maximum absolute atomic E-state index is 12.9. The van der Waals surface area contributed by atoms with Crippen molar-refractivity contribution in [2.45, 2.75) is 18.4 Å². The zero-order valence-corrected chi connectivity index (χ0v) is 14.0. The summed E-state index contributed by atoms with van der Waals surface area (Å²) in [6.45, 7) is 0. The molecule has 0 aliphatic carbocycles. The van der Waals surface area contributed by atoms with Gasteiger partial charge >= 0.3 is 0 Å². The van der Waals surface area contributed by atoms with E-state index in [2.05, 4.69) is 11.4 Å². The highest BCUT2D eigenvalue weighted by atomic mass is 16.5. The lowest BCUT2D eigenvalue weighted by molar-refractivity contribution is -0.119. The molecule has 1 amide bonds. The third-order valence-corrected chi connectivity index (χ3v) is 4.90. The Balaban J connectivity index is 1.79. The highest BCUT2D eigenvalue weighted by molar-refractivity contribution is 6.00. The number of nitrogens with one attached hydrogen (secondary N) is 2. The van der Waals surface area contributed by atoms with E-state index in [-0.39, 0.29) is 17.8 Å². The number of ether oxygens (including phenoxy) is 1. The fraction of sp³-hybridized carbons (Fsp3) is 0.190. The van der Waals surface area contributed by atoms with Crippen molar-refractivity contribution in [2.24, 2.45) is 5.92 Å². The van der Waals surface area contributed by atoms with Gasteiger partial charge in [0.2, 0.25) is 5.90 Å². The van der Waals surface area contributed by atoms with Gasteiger partial charge in [-0.1, -0.05) is 60.7 Å². The lowest BCUT2D eigenvalue weighted by Crippen LogP contribution is -2.43. The second-order valence-corrected chi connectivity index (χ2v) is 6.44. The van der Waals surface area contributed by atoms with Gasteiger partial charge in [-0.15, -0.1) is 0 Å². The Kier molecular flexibility index (Phi) is 4.02. The van der Waals surface area contributed by atoms with Crippen LogP contribution in [-0.4, -0.2) is 11.8 Å². The van der Waals surface area contributed by atoms with Gasteiger partial charge < -0.3 is 10.1 Å². The van der Waals surface area contributed by atoms with Crippen LogP contribution in [0.4, 0.5) is 0 Å². The minimum Gasteiger partial charge on any atom is -0.446 e. The molecule has 0 saturated heterocycles. The Morgan fingerprint density at radius 3 is 2.27 bits per heavy atom. The highest BCUT2D eigenvalue weighted by Crippen LogP contribution is 2.43. The van der Waals surface area contributed by atoms with Gasteiger partial charge in [-0.3, -0.25) is 10.2 Å². The number of amides is 1. The molecule has 0 bridgehead atoms. The largest absolute Gasteiger partial charge is 0.446 e. The van der Waals surface area contributed by atoms with Crippen LogP contribution < -0.4 is 5.32 Å². The van der Waals surface area contributed by atoms with E-state index in [1.165, 1.54) is 0 Å². The van der Waals surface area contributed by atoms with Gasteiger partial charge in [0.05, 0.1) is 17.7 Å². The van der Waals surface area contributed by atoms with E-state index in [1.807, 2.05) is 60.7 Å². The molecular formula is C21H17N3O2. The quantitative estimate of drug-likeness (QED) is 0.876. The van der Waals surface area contributed by atoms with E-state index >= 15 is 0 Å². The average molecular weight is 343 g/mol. The zero-order chi connectivity index (χ0) is 18.1. The Hall–Kier alpha value is -3.39. The summed E-state index contributed by atoms with van der Waals surface area (Å²) in [4.78, 5) is 12.9. The van der Waals surface area contributed by atoms with E-state index in [0.29, 0.717) is 17.8 Å². The van der Waals surface area contributed by atoms with Gasteiger partial charge in [0, 0.05) is 12.3 Å². The fourth-order valence-electron chi connectivity index (χ4n) is 3.67. The molecule has 26 heavy (non-hydrogen) atoms. The summed E-state index contributed by atoms with van der Waals surface area (Å²) in [6.07, 6.45) is 0.467. The van der Waals surface area contributed by atoms with Gasteiger partial charge in [-0.2, -0.15) is 5.26 Å². The highest BCUT2D eigenvalue weighted by Gasteiger charge is 2.44. The summed E-state index contributed by atoms with van der Waals surface area (Å²) in [6, 6.07) is 21.0. The Labute approximate surface area is 151 Å². The van der Waals surface area contributed by atoms with Crippen LogP contribution >= 0.6 is 0 Å². The minimum absolute atomic E-state index is 0.0957. The number of benzene rings is 2. The number of nitrogens with zero attached hydrogens (tertiary/aromatic N) is 1. The standard InChI is InChI=1S/C21H17N3O2/c22-12-15-18(14-9-5-2-6-10-14)19-17(26-20(15)23)11-16(24-21(19)25)13-7-3-1-4-8-13/h1-10,15-16,18,23H,11H2,(H,24,25)/t15?,16-,18+/m0/s1. The van der Waals surface area contributed by atoms with Crippen LogP contribution in [0, 0.1) is 22.7 Å². The molecule has 1 unspecified atom stereocenters. The summed E-state index contributed by atoms with van der Waals surface area (Å²) in [7, 11) is 0. The zero-order valence-electron chi connectivity index (χ0n) is 14.0. The maximum atomic E-state index is 12.9.